The van der Waals surface area contributed by atoms with E-state index in [2.05, 4.69) is 36.1 Å². The molecule has 4 nitrogen and oxygen atoms in total. The van der Waals surface area contributed by atoms with E-state index in [9.17, 15) is 4.79 Å². The minimum atomic E-state index is 0.244. The highest BCUT2D eigenvalue weighted by molar-refractivity contribution is 6.30. The minimum absolute atomic E-state index is 0.244. The summed E-state index contributed by atoms with van der Waals surface area (Å²) in [5.41, 5.74) is 3.56. The van der Waals surface area contributed by atoms with E-state index < -0.39 is 0 Å². The second kappa shape index (κ2) is 7.29. The molecule has 0 bridgehead atoms. The Balaban J connectivity index is 1.37. The van der Waals surface area contributed by atoms with Crippen LogP contribution in [0, 0.1) is 0 Å². The number of nitrogens with one attached hydrogen (secondary N) is 1. The van der Waals surface area contributed by atoms with E-state index in [0.29, 0.717) is 6.54 Å². The molecule has 0 radical (unpaired) electrons. The number of piperazine rings is 1. The molecular weight excluding hydrogens is 346 g/mol. The molecule has 1 fully saturated rings. The summed E-state index contributed by atoms with van der Waals surface area (Å²) >= 11 is 6.11. The Bertz CT molecular complexity index is 801. The van der Waals surface area contributed by atoms with Crippen LogP contribution in [0.25, 0.3) is 0 Å². The number of para-hydroxylation sites is 1. The summed E-state index contributed by atoms with van der Waals surface area (Å²) in [5, 5.41) is 0.772. The molecule has 1 amide bonds. The zero-order chi connectivity index (χ0) is 18.1. The van der Waals surface area contributed by atoms with Gasteiger partial charge in [-0.1, -0.05) is 35.9 Å². The largest absolute Gasteiger partial charge is 0.360 e. The average molecular weight is 371 g/mol. The van der Waals surface area contributed by atoms with Gasteiger partial charge < -0.3 is 14.7 Å². The molecular formula is C21H25ClN3O+. The molecule has 0 aliphatic carbocycles. The highest BCUT2D eigenvalue weighted by Gasteiger charge is 2.33. The van der Waals surface area contributed by atoms with Gasteiger partial charge in [0.05, 0.1) is 26.2 Å². The molecule has 2 heterocycles. The van der Waals surface area contributed by atoms with E-state index in [1.807, 2.05) is 29.2 Å². The van der Waals surface area contributed by atoms with Gasteiger partial charge in [-0.2, -0.15) is 0 Å². The van der Waals surface area contributed by atoms with Crippen molar-refractivity contribution in [2.24, 2.45) is 0 Å². The summed E-state index contributed by atoms with van der Waals surface area (Å²) in [4.78, 5) is 18.7. The summed E-state index contributed by atoms with van der Waals surface area (Å²) in [5.74, 6) is 0.244. The van der Waals surface area contributed by atoms with Crippen molar-refractivity contribution in [1.29, 1.82) is 0 Å². The van der Waals surface area contributed by atoms with Crippen molar-refractivity contribution in [2.45, 2.75) is 19.4 Å². The lowest BCUT2D eigenvalue weighted by Gasteiger charge is -2.34. The number of rotatable bonds is 3. The first kappa shape index (κ1) is 17.4. The van der Waals surface area contributed by atoms with Crippen LogP contribution in [-0.4, -0.2) is 44.7 Å². The Morgan fingerprint density at radius 2 is 1.92 bits per heavy atom. The van der Waals surface area contributed by atoms with Crippen LogP contribution >= 0.6 is 11.6 Å². The van der Waals surface area contributed by atoms with Gasteiger partial charge in [0.2, 0.25) is 0 Å². The van der Waals surface area contributed by atoms with Gasteiger partial charge in [-0.3, -0.25) is 4.79 Å². The van der Waals surface area contributed by atoms with Crippen molar-refractivity contribution in [3.63, 3.8) is 0 Å². The van der Waals surface area contributed by atoms with Crippen molar-refractivity contribution in [2.75, 3.05) is 42.5 Å². The first-order chi connectivity index (χ1) is 12.6. The second-order valence-corrected chi connectivity index (χ2v) is 7.78. The molecule has 4 rings (SSSR count). The van der Waals surface area contributed by atoms with E-state index >= 15 is 0 Å². The van der Waals surface area contributed by atoms with Crippen LogP contribution < -0.4 is 14.7 Å². The summed E-state index contributed by atoms with van der Waals surface area (Å²) in [7, 11) is 0. The average Bonchev–Trinajstić information content (AvgIpc) is 2.98. The van der Waals surface area contributed by atoms with Gasteiger partial charge >= 0.3 is 0 Å². The van der Waals surface area contributed by atoms with Gasteiger partial charge in [0, 0.05) is 22.4 Å². The topological polar surface area (TPSA) is 28.0 Å². The van der Waals surface area contributed by atoms with Crippen LogP contribution in [0.15, 0.2) is 48.5 Å². The predicted molar refractivity (Wildman–Crippen MR) is 106 cm³/mol. The lowest BCUT2D eigenvalue weighted by molar-refractivity contribution is -0.892. The third kappa shape index (κ3) is 3.44. The van der Waals surface area contributed by atoms with Gasteiger partial charge in [-0.15, -0.1) is 0 Å². The zero-order valence-electron chi connectivity index (χ0n) is 15.1. The van der Waals surface area contributed by atoms with E-state index in [1.54, 1.807) is 0 Å². The molecule has 5 heteroatoms. The van der Waals surface area contributed by atoms with Crippen molar-refractivity contribution in [3.05, 3.63) is 59.1 Å². The third-order valence-electron chi connectivity index (χ3n) is 5.52. The molecule has 1 saturated heterocycles. The monoisotopic (exact) mass is 370 g/mol. The Hall–Kier alpha value is -2.04. The molecule has 1 N–H and O–H groups in total. The van der Waals surface area contributed by atoms with Crippen molar-refractivity contribution in [3.8, 4) is 0 Å². The molecule has 0 spiro atoms. The van der Waals surface area contributed by atoms with Gasteiger partial charge in [0.1, 0.15) is 0 Å². The fraction of sp³-hybridized carbons (Fsp3) is 0.381. The van der Waals surface area contributed by atoms with E-state index in [0.717, 1.165) is 43.3 Å². The standard InChI is InChI=1S/C21H24ClN3O/c1-16-13-17-5-2-3-8-20(17)25(16)21(26)15-23-9-11-24(12-10-23)19-7-4-6-18(22)14-19/h2-8,14,16H,9-13,15H2,1H3/p+1/t16-/m0/s1. The first-order valence-corrected chi connectivity index (χ1v) is 9.73. The summed E-state index contributed by atoms with van der Waals surface area (Å²) in [6.07, 6.45) is 0.958. The van der Waals surface area contributed by atoms with Gasteiger partial charge in [0.25, 0.3) is 5.91 Å². The number of fused-ring (bicyclic) bond motifs is 1. The zero-order valence-corrected chi connectivity index (χ0v) is 15.9. The highest BCUT2D eigenvalue weighted by atomic mass is 35.5. The molecule has 26 heavy (non-hydrogen) atoms. The van der Waals surface area contributed by atoms with Crippen LogP contribution in [0.3, 0.4) is 0 Å². The molecule has 0 aromatic heterocycles. The van der Waals surface area contributed by atoms with Crippen molar-refractivity contribution >= 4 is 28.9 Å². The SMILES string of the molecule is C[C@H]1Cc2ccccc2N1C(=O)C[NH+]1CCN(c2cccc(Cl)c2)CC1. The number of carbonyl (C=O) groups excluding carboxylic acids is 1. The number of quaternary nitrogens is 1. The normalized spacial score (nSPS) is 20.3. The number of halogens is 1. The molecule has 0 unspecified atom stereocenters. The number of hydrogen-bond donors (Lipinski definition) is 1. The van der Waals surface area contributed by atoms with Gasteiger partial charge in [-0.05, 0) is 43.2 Å². The first-order valence-electron chi connectivity index (χ1n) is 9.36. The fourth-order valence-corrected chi connectivity index (χ4v) is 4.36. The van der Waals surface area contributed by atoms with E-state index in [-0.39, 0.29) is 11.9 Å². The van der Waals surface area contributed by atoms with Crippen LogP contribution in [0.4, 0.5) is 11.4 Å². The highest BCUT2D eigenvalue weighted by Crippen LogP contribution is 2.31. The van der Waals surface area contributed by atoms with Crippen LogP contribution in [0.1, 0.15) is 12.5 Å². The summed E-state index contributed by atoms with van der Waals surface area (Å²) in [6.45, 7) is 6.57. The maximum absolute atomic E-state index is 13.0. The van der Waals surface area contributed by atoms with Crippen molar-refractivity contribution < 1.29 is 9.69 Å². The fourth-order valence-electron chi connectivity index (χ4n) is 4.18. The molecule has 2 aromatic carbocycles. The Morgan fingerprint density at radius 3 is 2.69 bits per heavy atom. The Morgan fingerprint density at radius 1 is 1.15 bits per heavy atom. The van der Waals surface area contributed by atoms with Crippen molar-refractivity contribution in [1.82, 2.24) is 0 Å². The van der Waals surface area contributed by atoms with E-state index in [1.165, 1.54) is 16.2 Å². The number of amides is 1. The molecule has 2 aliphatic heterocycles. The molecule has 0 saturated carbocycles. The number of nitrogens with zero attached hydrogens (tertiary/aromatic N) is 2. The molecule has 136 valence electrons. The van der Waals surface area contributed by atoms with Gasteiger partial charge in [-0.25, -0.2) is 0 Å². The lowest BCUT2D eigenvalue weighted by atomic mass is 10.1. The smallest absolute Gasteiger partial charge is 0.282 e. The van der Waals surface area contributed by atoms with E-state index in [4.69, 9.17) is 11.6 Å². The third-order valence-corrected chi connectivity index (χ3v) is 5.76. The maximum Gasteiger partial charge on any atom is 0.282 e. The quantitative estimate of drug-likeness (QED) is 0.895. The minimum Gasteiger partial charge on any atom is -0.360 e. The van der Waals surface area contributed by atoms with Gasteiger partial charge in [0.15, 0.2) is 6.54 Å². The molecule has 1 atom stereocenters. The second-order valence-electron chi connectivity index (χ2n) is 7.34. The van der Waals surface area contributed by atoms with Crippen LogP contribution in [0.5, 0.6) is 0 Å². The van der Waals surface area contributed by atoms with Crippen LogP contribution in [0.2, 0.25) is 5.02 Å². The Kier molecular flexibility index (Phi) is 4.88. The maximum atomic E-state index is 13.0. The molecule has 2 aromatic rings. The molecule has 2 aliphatic rings. The summed E-state index contributed by atoms with van der Waals surface area (Å²) in [6, 6.07) is 16.6. The van der Waals surface area contributed by atoms with Crippen LogP contribution in [-0.2, 0) is 11.2 Å². The number of anilines is 2. The summed E-state index contributed by atoms with van der Waals surface area (Å²) < 4.78 is 0. The Labute approximate surface area is 160 Å². The lowest BCUT2D eigenvalue weighted by Crippen LogP contribution is -3.16. The predicted octanol–water partition coefficient (Wildman–Crippen LogP) is 2.02. The number of benzene rings is 2. The number of hydrogen-bond acceptors (Lipinski definition) is 2. The number of carbonyl (C=O) groups is 1.